The highest BCUT2D eigenvalue weighted by Crippen LogP contribution is 2.14. The minimum absolute atomic E-state index is 0.0647. The highest BCUT2D eigenvalue weighted by atomic mass is 32.2. The Morgan fingerprint density at radius 1 is 1.29 bits per heavy atom. The quantitative estimate of drug-likeness (QED) is 0.578. The molecule has 96 valence electrons. The first-order valence-electron chi connectivity index (χ1n) is 5.46. The van der Waals surface area contributed by atoms with Crippen molar-refractivity contribution in [3.05, 3.63) is 24.5 Å². The fourth-order valence-electron chi connectivity index (χ4n) is 1.02. The molecule has 17 heavy (non-hydrogen) atoms. The molecule has 0 bridgehead atoms. The molecular formula is C11H19N2O3S+. The summed E-state index contributed by atoms with van der Waals surface area (Å²) < 4.78 is 29.7. The van der Waals surface area contributed by atoms with Crippen LogP contribution in [0.1, 0.15) is 20.8 Å². The van der Waals surface area contributed by atoms with Crippen molar-refractivity contribution < 1.29 is 17.3 Å². The van der Waals surface area contributed by atoms with Gasteiger partial charge in [-0.05, 0) is 16.6 Å². The summed E-state index contributed by atoms with van der Waals surface area (Å²) in [7, 11) is -3.47. The lowest BCUT2D eigenvalue weighted by Gasteiger charge is -2.17. The van der Waals surface area contributed by atoms with Crippen LogP contribution in [0.25, 0.3) is 0 Å². The summed E-state index contributed by atoms with van der Waals surface area (Å²) in [5, 5.41) is 3.99. The molecule has 6 heteroatoms. The molecule has 0 fully saturated rings. The second kappa shape index (κ2) is 5.55. The second-order valence-electron chi connectivity index (χ2n) is 5.05. The summed E-state index contributed by atoms with van der Waals surface area (Å²) in [5.41, 5.74) is -0.161. The van der Waals surface area contributed by atoms with Crippen molar-refractivity contribution in [3.8, 4) is 0 Å². The number of hydrogen-bond donors (Lipinski definition) is 0. The van der Waals surface area contributed by atoms with Gasteiger partial charge in [0.15, 0.2) is 12.7 Å². The van der Waals surface area contributed by atoms with Gasteiger partial charge in [0, 0.05) is 6.07 Å². The molecule has 0 amide bonds. The highest BCUT2D eigenvalue weighted by Gasteiger charge is 2.19. The smallest absolute Gasteiger partial charge is 0.269 e. The van der Waals surface area contributed by atoms with Crippen molar-refractivity contribution in [2.24, 2.45) is 5.41 Å². The molecule has 0 N–H and O–H groups in total. The normalized spacial score (nSPS) is 12.6. The Morgan fingerprint density at radius 2 is 2.00 bits per heavy atom. The first kappa shape index (κ1) is 14.1. The van der Waals surface area contributed by atoms with Gasteiger partial charge in [0.05, 0.1) is 12.8 Å². The van der Waals surface area contributed by atoms with Crippen LogP contribution in [-0.2, 0) is 20.8 Å². The van der Waals surface area contributed by atoms with Gasteiger partial charge in [0.25, 0.3) is 10.1 Å². The Labute approximate surface area is 103 Å². The van der Waals surface area contributed by atoms with Gasteiger partial charge in [0.1, 0.15) is 5.75 Å². The third-order valence-electron chi connectivity index (χ3n) is 1.91. The van der Waals surface area contributed by atoms with Crippen molar-refractivity contribution in [3.63, 3.8) is 0 Å². The number of nitrogens with zero attached hydrogens (tertiary/aromatic N) is 2. The van der Waals surface area contributed by atoms with Crippen LogP contribution in [0.4, 0.5) is 0 Å². The summed E-state index contributed by atoms with van der Waals surface area (Å²) in [6.45, 7) is 6.28. The van der Waals surface area contributed by atoms with Crippen molar-refractivity contribution in [1.29, 1.82) is 0 Å². The van der Waals surface area contributed by atoms with Crippen molar-refractivity contribution >= 4 is 10.1 Å². The summed E-state index contributed by atoms with van der Waals surface area (Å²) in [4.78, 5) is 0. The molecule has 0 radical (unpaired) electrons. The fraction of sp³-hybridized carbons (Fsp3) is 0.636. The average Bonchev–Trinajstić information content (AvgIpc) is 2.25. The lowest BCUT2D eigenvalue weighted by Crippen LogP contribution is -2.40. The molecule has 0 aliphatic carbocycles. The highest BCUT2D eigenvalue weighted by molar-refractivity contribution is 7.86. The van der Waals surface area contributed by atoms with E-state index in [0.717, 1.165) is 0 Å². The van der Waals surface area contributed by atoms with Crippen LogP contribution in [0.5, 0.6) is 0 Å². The van der Waals surface area contributed by atoms with E-state index < -0.39 is 10.1 Å². The molecule has 0 aliphatic heterocycles. The molecule has 1 rings (SSSR count). The Balaban J connectivity index is 2.46. The van der Waals surface area contributed by atoms with Crippen LogP contribution in [0.2, 0.25) is 0 Å². The third kappa shape index (κ3) is 6.33. The van der Waals surface area contributed by atoms with Crippen LogP contribution in [-0.4, -0.2) is 25.9 Å². The molecule has 1 aromatic rings. The van der Waals surface area contributed by atoms with Gasteiger partial charge in [-0.3, -0.25) is 4.18 Å². The van der Waals surface area contributed by atoms with E-state index in [1.165, 1.54) is 0 Å². The van der Waals surface area contributed by atoms with E-state index in [9.17, 15) is 8.42 Å². The zero-order valence-electron chi connectivity index (χ0n) is 10.5. The first-order chi connectivity index (χ1) is 7.79. The van der Waals surface area contributed by atoms with Crippen LogP contribution in [0, 0.1) is 5.41 Å². The molecule has 1 aromatic heterocycles. The maximum absolute atomic E-state index is 11.6. The van der Waals surface area contributed by atoms with Gasteiger partial charge in [-0.2, -0.15) is 8.42 Å². The predicted molar refractivity (Wildman–Crippen MR) is 63.6 cm³/mol. The van der Waals surface area contributed by atoms with Crippen LogP contribution < -0.4 is 4.68 Å². The van der Waals surface area contributed by atoms with Crippen LogP contribution in [0.3, 0.4) is 0 Å². The maximum Gasteiger partial charge on any atom is 0.273 e. The van der Waals surface area contributed by atoms with Crippen LogP contribution >= 0.6 is 0 Å². The topological polar surface area (TPSA) is 60.1 Å². The second-order valence-corrected chi connectivity index (χ2v) is 6.81. The van der Waals surface area contributed by atoms with Gasteiger partial charge in [-0.1, -0.05) is 25.5 Å². The number of aryl methyl sites for hydroxylation is 1. The first-order valence-corrected chi connectivity index (χ1v) is 7.04. The molecule has 0 unspecified atom stereocenters. The van der Waals surface area contributed by atoms with E-state index >= 15 is 0 Å². The molecule has 0 aromatic carbocycles. The maximum atomic E-state index is 11.6. The van der Waals surface area contributed by atoms with E-state index in [-0.39, 0.29) is 17.8 Å². The molecule has 0 saturated carbocycles. The number of rotatable bonds is 5. The summed E-state index contributed by atoms with van der Waals surface area (Å²) >= 11 is 0. The Bertz CT molecular complexity index is 438. The fourth-order valence-corrected chi connectivity index (χ4v) is 2.09. The van der Waals surface area contributed by atoms with E-state index in [1.807, 2.05) is 20.8 Å². The molecule has 1 heterocycles. The van der Waals surface area contributed by atoms with Crippen molar-refractivity contribution in [1.82, 2.24) is 5.10 Å². The zero-order chi connectivity index (χ0) is 12.9. The van der Waals surface area contributed by atoms with Crippen molar-refractivity contribution in [2.75, 3.05) is 12.4 Å². The summed E-state index contributed by atoms with van der Waals surface area (Å²) in [6.07, 6.45) is 3.34. The molecular weight excluding hydrogens is 240 g/mol. The molecule has 0 spiro atoms. The third-order valence-corrected chi connectivity index (χ3v) is 3.07. The van der Waals surface area contributed by atoms with Gasteiger partial charge in [-0.15, -0.1) is 0 Å². The van der Waals surface area contributed by atoms with E-state index in [0.29, 0.717) is 6.54 Å². The zero-order valence-corrected chi connectivity index (χ0v) is 11.3. The van der Waals surface area contributed by atoms with Crippen LogP contribution in [0.15, 0.2) is 24.5 Å². The lowest BCUT2D eigenvalue weighted by atomic mass is 9.99. The number of hydrogen-bond acceptors (Lipinski definition) is 4. The molecule has 0 saturated heterocycles. The van der Waals surface area contributed by atoms with Crippen molar-refractivity contribution in [2.45, 2.75) is 27.3 Å². The SMILES string of the molecule is CC(C)(C)COS(=O)(=O)CC[n+]1ccccn1. The molecule has 0 atom stereocenters. The Hall–Kier alpha value is -1.01. The Kier molecular flexibility index (Phi) is 4.59. The molecule has 0 aliphatic rings. The summed E-state index contributed by atoms with van der Waals surface area (Å²) in [6, 6.07) is 3.58. The standard InChI is InChI=1S/C11H19N2O3S/c1-11(2,3)10-16-17(14,15)9-8-13-7-5-4-6-12-13/h4-7H,8-10H2,1-3H3/q+1. The van der Waals surface area contributed by atoms with Gasteiger partial charge < -0.3 is 0 Å². The van der Waals surface area contributed by atoms with Gasteiger partial charge in [0.2, 0.25) is 0 Å². The summed E-state index contributed by atoms with van der Waals surface area (Å²) in [5.74, 6) is -0.0647. The lowest BCUT2D eigenvalue weighted by molar-refractivity contribution is -0.750. The van der Waals surface area contributed by atoms with Gasteiger partial charge >= 0.3 is 0 Å². The average molecular weight is 259 g/mol. The monoisotopic (exact) mass is 259 g/mol. The predicted octanol–water partition coefficient (Wildman–Crippen LogP) is 0.762. The van der Waals surface area contributed by atoms with Gasteiger partial charge in [-0.25, -0.2) is 0 Å². The Morgan fingerprint density at radius 3 is 2.53 bits per heavy atom. The number of aromatic nitrogens is 2. The van der Waals surface area contributed by atoms with E-state index in [4.69, 9.17) is 4.18 Å². The minimum atomic E-state index is -3.47. The van der Waals surface area contributed by atoms with E-state index in [2.05, 4.69) is 5.10 Å². The van der Waals surface area contributed by atoms with E-state index in [1.54, 1.807) is 29.2 Å². The molecule has 5 nitrogen and oxygen atoms in total. The largest absolute Gasteiger partial charge is 0.273 e. The minimum Gasteiger partial charge on any atom is -0.269 e.